The molecule has 1 aromatic carbocycles. The van der Waals surface area contributed by atoms with Crippen LogP contribution >= 0.6 is 11.3 Å². The molecule has 0 bridgehead atoms. The summed E-state index contributed by atoms with van der Waals surface area (Å²) in [4.78, 5) is 13.0. The van der Waals surface area contributed by atoms with Crippen LogP contribution in [0.3, 0.4) is 0 Å². The summed E-state index contributed by atoms with van der Waals surface area (Å²) in [5, 5.41) is 11.6. The fourth-order valence-electron chi connectivity index (χ4n) is 3.30. The van der Waals surface area contributed by atoms with Crippen LogP contribution in [0.4, 0.5) is 5.82 Å². The highest BCUT2D eigenvalue weighted by atomic mass is 32.1. The van der Waals surface area contributed by atoms with Crippen LogP contribution in [0.5, 0.6) is 0 Å². The Kier molecular flexibility index (Phi) is 3.27. The van der Waals surface area contributed by atoms with Gasteiger partial charge in [0.25, 0.3) is 0 Å². The summed E-state index contributed by atoms with van der Waals surface area (Å²) in [7, 11) is 0. The number of anilines is 1. The van der Waals surface area contributed by atoms with Crippen molar-refractivity contribution in [3.05, 3.63) is 53.4 Å². The van der Waals surface area contributed by atoms with E-state index < -0.39 is 0 Å². The van der Waals surface area contributed by atoms with E-state index in [0.717, 1.165) is 52.2 Å². The van der Waals surface area contributed by atoms with Gasteiger partial charge in [0.15, 0.2) is 11.6 Å². The van der Waals surface area contributed by atoms with Gasteiger partial charge in [-0.05, 0) is 30.5 Å². The lowest BCUT2D eigenvalue weighted by Crippen LogP contribution is -2.35. The van der Waals surface area contributed by atoms with Gasteiger partial charge in [-0.2, -0.15) is 0 Å². The predicted molar refractivity (Wildman–Crippen MR) is 98.7 cm³/mol. The molecule has 0 radical (unpaired) electrons. The van der Waals surface area contributed by atoms with Crippen molar-refractivity contribution in [2.45, 2.75) is 20.0 Å². The second-order valence-electron chi connectivity index (χ2n) is 6.10. The highest BCUT2D eigenvalue weighted by molar-refractivity contribution is 7.13. The highest BCUT2D eigenvalue weighted by Gasteiger charge is 2.23. The average molecular weight is 348 g/mol. The van der Waals surface area contributed by atoms with Gasteiger partial charge in [0.05, 0.1) is 16.9 Å². The molecule has 0 aliphatic carbocycles. The van der Waals surface area contributed by atoms with Crippen molar-refractivity contribution >= 4 is 28.1 Å². The van der Waals surface area contributed by atoms with Gasteiger partial charge < -0.3 is 9.47 Å². The van der Waals surface area contributed by atoms with Crippen LogP contribution in [-0.2, 0) is 13.1 Å². The predicted octanol–water partition coefficient (Wildman–Crippen LogP) is 3.28. The van der Waals surface area contributed by atoms with E-state index in [1.54, 1.807) is 11.3 Å². The number of aryl methyl sites for hydroxylation is 1. The summed E-state index contributed by atoms with van der Waals surface area (Å²) < 4.78 is 2.18. The van der Waals surface area contributed by atoms with Crippen molar-refractivity contribution in [3.63, 3.8) is 0 Å². The fourth-order valence-corrected chi connectivity index (χ4v) is 3.96. The highest BCUT2D eigenvalue weighted by Crippen LogP contribution is 2.31. The average Bonchev–Trinajstić information content (AvgIpc) is 3.31. The zero-order chi connectivity index (χ0) is 16.8. The Hall–Kier alpha value is -2.80. The van der Waals surface area contributed by atoms with Crippen molar-refractivity contribution in [1.29, 1.82) is 0 Å². The van der Waals surface area contributed by atoms with Gasteiger partial charge in [0.1, 0.15) is 11.6 Å². The van der Waals surface area contributed by atoms with Gasteiger partial charge in [-0.25, -0.2) is 9.97 Å². The Morgan fingerprint density at radius 2 is 1.92 bits per heavy atom. The third-order valence-corrected chi connectivity index (χ3v) is 5.43. The number of rotatable bonds is 2. The van der Waals surface area contributed by atoms with Crippen molar-refractivity contribution in [2.24, 2.45) is 0 Å². The summed E-state index contributed by atoms with van der Waals surface area (Å²) in [6.07, 6.45) is 0. The normalized spacial score (nSPS) is 14.0. The second kappa shape index (κ2) is 5.63. The van der Waals surface area contributed by atoms with Crippen molar-refractivity contribution in [2.75, 3.05) is 11.4 Å². The molecular weight excluding hydrogens is 332 g/mol. The fraction of sp³-hybridized carbons (Fsp3) is 0.222. The second-order valence-corrected chi connectivity index (χ2v) is 7.05. The molecule has 7 heteroatoms. The number of fused-ring (bicyclic) bond motifs is 2. The number of benzene rings is 1. The van der Waals surface area contributed by atoms with Gasteiger partial charge in [0, 0.05) is 18.5 Å². The molecule has 0 fully saturated rings. The summed E-state index contributed by atoms with van der Waals surface area (Å²) in [6.45, 7) is 4.48. The molecule has 25 heavy (non-hydrogen) atoms. The topological polar surface area (TPSA) is 59.7 Å². The molecule has 0 unspecified atom stereocenters. The van der Waals surface area contributed by atoms with Gasteiger partial charge in [-0.1, -0.05) is 18.2 Å². The van der Waals surface area contributed by atoms with Crippen LogP contribution in [0.2, 0.25) is 0 Å². The molecule has 124 valence electrons. The Labute approximate surface area is 148 Å². The maximum absolute atomic E-state index is 4.91. The number of para-hydroxylation sites is 1. The summed E-state index contributed by atoms with van der Waals surface area (Å²) in [6, 6.07) is 12.3. The molecular formula is C18H16N6S. The zero-order valence-electron chi connectivity index (χ0n) is 13.8. The number of nitrogens with zero attached hydrogens (tertiary/aromatic N) is 6. The van der Waals surface area contributed by atoms with Crippen LogP contribution < -0.4 is 4.90 Å². The third-order valence-electron chi connectivity index (χ3n) is 4.56. The summed E-state index contributed by atoms with van der Waals surface area (Å²) >= 11 is 1.66. The van der Waals surface area contributed by atoms with Crippen molar-refractivity contribution in [1.82, 2.24) is 24.7 Å². The maximum atomic E-state index is 4.91. The molecule has 1 aliphatic heterocycles. The zero-order valence-corrected chi connectivity index (χ0v) is 14.6. The van der Waals surface area contributed by atoms with Crippen LogP contribution in [-0.4, -0.2) is 31.3 Å². The molecule has 5 rings (SSSR count). The number of aromatic nitrogens is 5. The molecule has 0 spiro atoms. The maximum Gasteiger partial charge on any atom is 0.172 e. The van der Waals surface area contributed by atoms with E-state index >= 15 is 0 Å². The van der Waals surface area contributed by atoms with E-state index in [-0.39, 0.29) is 0 Å². The summed E-state index contributed by atoms with van der Waals surface area (Å²) in [5.74, 6) is 3.72. The van der Waals surface area contributed by atoms with Gasteiger partial charge in [-0.3, -0.25) is 0 Å². The number of hydrogen-bond donors (Lipinski definition) is 0. The van der Waals surface area contributed by atoms with Gasteiger partial charge in [-0.15, -0.1) is 21.5 Å². The SMILES string of the molecule is Cc1nnc2n1CCN(c1nc(-c3cccs3)nc3ccccc13)C2. The first-order chi connectivity index (χ1) is 12.3. The molecule has 0 saturated carbocycles. The van der Waals surface area contributed by atoms with E-state index in [1.165, 1.54) is 0 Å². The Morgan fingerprint density at radius 1 is 1.00 bits per heavy atom. The number of hydrogen-bond acceptors (Lipinski definition) is 6. The lowest BCUT2D eigenvalue weighted by molar-refractivity contribution is 0.548. The molecule has 4 aromatic rings. The molecule has 0 saturated heterocycles. The lowest BCUT2D eigenvalue weighted by Gasteiger charge is -2.29. The Bertz CT molecular complexity index is 1050. The van der Waals surface area contributed by atoms with Crippen LogP contribution in [0, 0.1) is 6.92 Å². The monoisotopic (exact) mass is 348 g/mol. The van der Waals surface area contributed by atoms with E-state index in [1.807, 2.05) is 31.2 Å². The first kappa shape index (κ1) is 14.5. The third kappa shape index (κ3) is 2.39. The Balaban J connectivity index is 1.65. The first-order valence-corrected chi connectivity index (χ1v) is 9.12. The van der Waals surface area contributed by atoms with Crippen LogP contribution in [0.1, 0.15) is 11.6 Å². The molecule has 3 aromatic heterocycles. The van der Waals surface area contributed by atoms with E-state index in [0.29, 0.717) is 6.54 Å². The lowest BCUT2D eigenvalue weighted by atomic mass is 10.2. The molecule has 6 nitrogen and oxygen atoms in total. The minimum absolute atomic E-state index is 0.714. The minimum Gasteiger partial charge on any atom is -0.347 e. The van der Waals surface area contributed by atoms with Crippen molar-refractivity contribution < 1.29 is 0 Å². The standard InChI is InChI=1S/C18H16N6S/c1-12-21-22-16-11-23(8-9-24(12)16)18-13-5-2-3-6-14(13)19-17(20-18)15-7-4-10-25-15/h2-7,10H,8-9,11H2,1H3. The largest absolute Gasteiger partial charge is 0.347 e. The van der Waals surface area contributed by atoms with E-state index in [4.69, 9.17) is 9.97 Å². The molecule has 1 aliphatic rings. The van der Waals surface area contributed by atoms with Gasteiger partial charge >= 0.3 is 0 Å². The molecule has 4 heterocycles. The number of thiophene rings is 1. The smallest absolute Gasteiger partial charge is 0.172 e. The van der Waals surface area contributed by atoms with Crippen LogP contribution in [0.25, 0.3) is 21.6 Å². The van der Waals surface area contributed by atoms with E-state index in [9.17, 15) is 0 Å². The van der Waals surface area contributed by atoms with Gasteiger partial charge in [0.2, 0.25) is 0 Å². The first-order valence-electron chi connectivity index (χ1n) is 8.24. The minimum atomic E-state index is 0.714. The molecule has 0 amide bonds. The molecule has 0 atom stereocenters. The van der Waals surface area contributed by atoms with E-state index in [2.05, 4.69) is 37.2 Å². The van der Waals surface area contributed by atoms with Crippen LogP contribution in [0.15, 0.2) is 41.8 Å². The molecule has 0 N–H and O–H groups in total. The van der Waals surface area contributed by atoms with Crippen molar-refractivity contribution in [3.8, 4) is 10.7 Å². The summed E-state index contributed by atoms with van der Waals surface area (Å²) in [5.41, 5.74) is 0.971. The quantitative estimate of drug-likeness (QED) is 0.556. The Morgan fingerprint density at radius 3 is 2.80 bits per heavy atom.